The molecule has 1 aliphatic heterocycles. The van der Waals surface area contributed by atoms with E-state index >= 15 is 0 Å². The highest BCUT2D eigenvalue weighted by atomic mass is 15.3. The summed E-state index contributed by atoms with van der Waals surface area (Å²) >= 11 is 0. The van der Waals surface area contributed by atoms with Crippen molar-refractivity contribution in [2.45, 2.75) is 64.6 Å². The predicted molar refractivity (Wildman–Crippen MR) is 81.7 cm³/mol. The zero-order chi connectivity index (χ0) is 14.1. The van der Waals surface area contributed by atoms with E-state index in [1.807, 2.05) is 11.7 Å². The van der Waals surface area contributed by atoms with Gasteiger partial charge in [0.2, 0.25) is 0 Å². The van der Waals surface area contributed by atoms with E-state index in [-0.39, 0.29) is 0 Å². The van der Waals surface area contributed by atoms with E-state index in [0.29, 0.717) is 6.04 Å². The van der Waals surface area contributed by atoms with Gasteiger partial charge in [0.25, 0.3) is 0 Å². The van der Waals surface area contributed by atoms with Gasteiger partial charge in [-0.3, -0.25) is 4.68 Å². The molecule has 2 N–H and O–H groups in total. The van der Waals surface area contributed by atoms with Crippen molar-refractivity contribution < 1.29 is 0 Å². The summed E-state index contributed by atoms with van der Waals surface area (Å²) in [4.78, 5) is 0. The minimum absolute atomic E-state index is 0.685. The summed E-state index contributed by atoms with van der Waals surface area (Å²) < 4.78 is 2.00. The Hall–Kier alpha value is -0.870. The van der Waals surface area contributed by atoms with Gasteiger partial charge in [-0.15, -0.1) is 0 Å². The van der Waals surface area contributed by atoms with Gasteiger partial charge in [-0.25, -0.2) is 0 Å². The Morgan fingerprint density at radius 3 is 2.75 bits per heavy atom. The lowest BCUT2D eigenvalue weighted by atomic mass is 9.93. The van der Waals surface area contributed by atoms with Gasteiger partial charge >= 0.3 is 0 Å². The first-order valence-corrected chi connectivity index (χ1v) is 8.12. The summed E-state index contributed by atoms with van der Waals surface area (Å²) in [5.74, 6) is 0.829. The maximum atomic E-state index is 4.52. The third kappa shape index (κ3) is 2.63. The molecule has 3 atom stereocenters. The molecule has 0 aromatic carbocycles. The van der Waals surface area contributed by atoms with E-state index in [1.54, 1.807) is 0 Å². The molecule has 1 saturated carbocycles. The van der Waals surface area contributed by atoms with Crippen molar-refractivity contribution in [1.82, 2.24) is 20.4 Å². The minimum Gasteiger partial charge on any atom is -0.314 e. The standard InChI is InChI=1S/C16H28N4/c1-11-14(12(2)20(3)19-11)10-18-16-7-4-6-13(16)15-8-5-9-17-15/h13,15-18H,4-10H2,1-3H3. The molecule has 1 aromatic heterocycles. The number of aryl methyl sites for hydroxylation is 2. The monoisotopic (exact) mass is 276 g/mol. The normalized spacial score (nSPS) is 30.2. The Labute approximate surface area is 122 Å². The summed E-state index contributed by atoms with van der Waals surface area (Å²) in [5.41, 5.74) is 3.85. The molecule has 1 saturated heterocycles. The minimum atomic E-state index is 0.685. The van der Waals surface area contributed by atoms with Crippen molar-refractivity contribution in [3.8, 4) is 0 Å². The van der Waals surface area contributed by atoms with Gasteiger partial charge in [0.15, 0.2) is 0 Å². The lowest BCUT2D eigenvalue weighted by Gasteiger charge is -2.26. The van der Waals surface area contributed by atoms with Gasteiger partial charge < -0.3 is 10.6 Å². The van der Waals surface area contributed by atoms with Crippen molar-refractivity contribution in [3.63, 3.8) is 0 Å². The Kier molecular flexibility index (Phi) is 4.13. The van der Waals surface area contributed by atoms with E-state index in [4.69, 9.17) is 0 Å². The summed E-state index contributed by atoms with van der Waals surface area (Å²) in [6, 6.07) is 1.44. The van der Waals surface area contributed by atoms with Crippen LogP contribution in [0.3, 0.4) is 0 Å². The van der Waals surface area contributed by atoms with Crippen molar-refractivity contribution in [3.05, 3.63) is 17.0 Å². The van der Waals surface area contributed by atoms with Gasteiger partial charge in [0.05, 0.1) is 5.69 Å². The molecule has 2 heterocycles. The molecule has 0 bridgehead atoms. The third-order valence-electron chi connectivity index (χ3n) is 5.38. The summed E-state index contributed by atoms with van der Waals surface area (Å²) in [7, 11) is 2.03. The van der Waals surface area contributed by atoms with Gasteiger partial charge in [-0.2, -0.15) is 5.10 Å². The van der Waals surface area contributed by atoms with E-state index in [2.05, 4.69) is 29.6 Å². The maximum absolute atomic E-state index is 4.52. The number of nitrogens with zero attached hydrogens (tertiary/aromatic N) is 2. The molecule has 0 spiro atoms. The largest absolute Gasteiger partial charge is 0.314 e. The van der Waals surface area contributed by atoms with Gasteiger partial charge in [0, 0.05) is 36.9 Å². The maximum Gasteiger partial charge on any atom is 0.0641 e. The Balaban J connectivity index is 1.62. The fourth-order valence-corrected chi connectivity index (χ4v) is 4.11. The third-order valence-corrected chi connectivity index (χ3v) is 5.38. The average Bonchev–Trinajstić information content (AvgIpc) is 3.11. The molecule has 4 heteroatoms. The zero-order valence-corrected chi connectivity index (χ0v) is 13.1. The predicted octanol–water partition coefficient (Wildman–Crippen LogP) is 2.05. The SMILES string of the molecule is Cc1nn(C)c(C)c1CNC1CCCC1C1CCCN1. The van der Waals surface area contributed by atoms with E-state index in [1.165, 1.54) is 55.6 Å². The quantitative estimate of drug-likeness (QED) is 0.884. The van der Waals surface area contributed by atoms with Gasteiger partial charge in [-0.05, 0) is 52.0 Å². The van der Waals surface area contributed by atoms with Crippen LogP contribution in [0.1, 0.15) is 49.1 Å². The summed E-state index contributed by atoms with van der Waals surface area (Å²) in [6.07, 6.45) is 6.83. The van der Waals surface area contributed by atoms with Gasteiger partial charge in [0.1, 0.15) is 0 Å². The van der Waals surface area contributed by atoms with Crippen LogP contribution >= 0.6 is 0 Å². The van der Waals surface area contributed by atoms with Crippen LogP contribution in [0.25, 0.3) is 0 Å². The average molecular weight is 276 g/mol. The van der Waals surface area contributed by atoms with Crippen LogP contribution < -0.4 is 10.6 Å². The molecule has 20 heavy (non-hydrogen) atoms. The van der Waals surface area contributed by atoms with Crippen molar-refractivity contribution in [1.29, 1.82) is 0 Å². The number of aromatic nitrogens is 2. The second kappa shape index (κ2) is 5.86. The number of nitrogens with one attached hydrogen (secondary N) is 2. The smallest absolute Gasteiger partial charge is 0.0641 e. The van der Waals surface area contributed by atoms with E-state index in [0.717, 1.165) is 18.5 Å². The second-order valence-corrected chi connectivity index (χ2v) is 6.56. The Bertz CT molecular complexity index is 459. The Morgan fingerprint density at radius 2 is 2.10 bits per heavy atom. The fourth-order valence-electron chi connectivity index (χ4n) is 4.11. The van der Waals surface area contributed by atoms with Crippen LogP contribution in [0.5, 0.6) is 0 Å². The number of rotatable bonds is 4. The molecule has 0 amide bonds. The second-order valence-electron chi connectivity index (χ2n) is 6.56. The lowest BCUT2D eigenvalue weighted by Crippen LogP contribution is -2.41. The first kappa shape index (κ1) is 14.1. The molecule has 3 unspecified atom stereocenters. The first-order valence-electron chi connectivity index (χ1n) is 8.12. The van der Waals surface area contributed by atoms with Crippen LogP contribution in [-0.2, 0) is 13.6 Å². The molecule has 1 aromatic rings. The van der Waals surface area contributed by atoms with E-state index < -0.39 is 0 Å². The topological polar surface area (TPSA) is 41.9 Å². The lowest BCUT2D eigenvalue weighted by molar-refractivity contribution is 0.319. The highest BCUT2D eigenvalue weighted by molar-refractivity contribution is 5.24. The van der Waals surface area contributed by atoms with Crippen molar-refractivity contribution in [2.24, 2.45) is 13.0 Å². The molecule has 1 aliphatic carbocycles. The zero-order valence-electron chi connectivity index (χ0n) is 13.1. The van der Waals surface area contributed by atoms with Crippen molar-refractivity contribution >= 4 is 0 Å². The molecule has 3 rings (SSSR count). The van der Waals surface area contributed by atoms with Crippen LogP contribution in [0, 0.1) is 19.8 Å². The molecular formula is C16H28N4. The van der Waals surface area contributed by atoms with Crippen LogP contribution in [0.4, 0.5) is 0 Å². The highest BCUT2D eigenvalue weighted by Gasteiger charge is 2.34. The van der Waals surface area contributed by atoms with Crippen LogP contribution in [-0.4, -0.2) is 28.4 Å². The summed E-state index contributed by atoms with van der Waals surface area (Å²) in [6.45, 7) is 6.48. The van der Waals surface area contributed by atoms with Crippen LogP contribution in [0.15, 0.2) is 0 Å². The van der Waals surface area contributed by atoms with Gasteiger partial charge in [-0.1, -0.05) is 6.42 Å². The molecule has 112 valence electrons. The summed E-state index contributed by atoms with van der Waals surface area (Å²) in [5, 5.41) is 12.0. The fraction of sp³-hybridized carbons (Fsp3) is 0.812. The number of hydrogen-bond donors (Lipinski definition) is 2. The molecule has 0 radical (unpaired) electrons. The highest BCUT2D eigenvalue weighted by Crippen LogP contribution is 2.32. The Morgan fingerprint density at radius 1 is 1.25 bits per heavy atom. The molecule has 2 aliphatic rings. The molecule has 4 nitrogen and oxygen atoms in total. The van der Waals surface area contributed by atoms with Crippen LogP contribution in [0.2, 0.25) is 0 Å². The first-order chi connectivity index (χ1) is 9.66. The van der Waals surface area contributed by atoms with Crippen molar-refractivity contribution in [2.75, 3.05) is 6.54 Å². The molecular weight excluding hydrogens is 248 g/mol. The van der Waals surface area contributed by atoms with E-state index in [9.17, 15) is 0 Å². The molecule has 2 fully saturated rings. The number of hydrogen-bond acceptors (Lipinski definition) is 3.